The molecule has 0 amide bonds. The molecule has 1 N–H and O–H groups in total. The summed E-state index contributed by atoms with van der Waals surface area (Å²) >= 11 is 0. The Hall–Kier alpha value is -0.610. The van der Waals surface area contributed by atoms with Crippen molar-refractivity contribution >= 4 is 5.97 Å². The van der Waals surface area contributed by atoms with Crippen LogP contribution in [0.1, 0.15) is 59.8 Å². The standard InChI is InChI=1S/C17H34N2O2/c1-5-15-9-11-17(12-10-15,16(20)21-8-4)18-13-14-19(6-2)7-3/h15,18H,5-14H2,1-4H3. The molecule has 1 aliphatic rings. The fourth-order valence-corrected chi connectivity index (χ4v) is 3.29. The predicted molar refractivity (Wildman–Crippen MR) is 87.4 cm³/mol. The van der Waals surface area contributed by atoms with Gasteiger partial charge in [0.25, 0.3) is 0 Å². The third-order valence-electron chi connectivity index (χ3n) is 4.99. The lowest BCUT2D eigenvalue weighted by atomic mass is 9.75. The average Bonchev–Trinajstić information content (AvgIpc) is 2.52. The molecule has 1 aliphatic carbocycles. The first-order chi connectivity index (χ1) is 10.1. The Morgan fingerprint density at radius 1 is 1.19 bits per heavy atom. The monoisotopic (exact) mass is 298 g/mol. The van der Waals surface area contributed by atoms with E-state index in [0.717, 1.165) is 57.8 Å². The summed E-state index contributed by atoms with van der Waals surface area (Å²) in [5, 5.41) is 3.55. The van der Waals surface area contributed by atoms with Crippen LogP contribution in [0.5, 0.6) is 0 Å². The summed E-state index contributed by atoms with van der Waals surface area (Å²) in [6.45, 7) is 12.9. The molecule has 124 valence electrons. The first-order valence-corrected chi connectivity index (χ1v) is 8.76. The molecular formula is C17H34N2O2. The van der Waals surface area contributed by atoms with Crippen molar-refractivity contribution in [1.82, 2.24) is 10.2 Å². The number of carbonyl (C=O) groups excluding carboxylic acids is 1. The van der Waals surface area contributed by atoms with Gasteiger partial charge in [-0.3, -0.25) is 4.79 Å². The van der Waals surface area contributed by atoms with E-state index in [0.29, 0.717) is 6.61 Å². The topological polar surface area (TPSA) is 41.6 Å². The number of nitrogens with zero attached hydrogens (tertiary/aromatic N) is 1. The lowest BCUT2D eigenvalue weighted by molar-refractivity contribution is -0.153. The van der Waals surface area contributed by atoms with Crippen LogP contribution in [0.25, 0.3) is 0 Å². The summed E-state index contributed by atoms with van der Waals surface area (Å²) in [4.78, 5) is 14.8. The van der Waals surface area contributed by atoms with E-state index in [-0.39, 0.29) is 5.97 Å². The molecule has 4 nitrogen and oxygen atoms in total. The first-order valence-electron chi connectivity index (χ1n) is 8.76. The summed E-state index contributed by atoms with van der Waals surface area (Å²) in [6, 6.07) is 0. The van der Waals surface area contributed by atoms with Gasteiger partial charge in [0.2, 0.25) is 0 Å². The SMILES string of the molecule is CCOC(=O)C1(NCCN(CC)CC)CCC(CC)CC1. The van der Waals surface area contributed by atoms with Crippen molar-refractivity contribution in [3.63, 3.8) is 0 Å². The van der Waals surface area contributed by atoms with Gasteiger partial charge in [0.1, 0.15) is 5.54 Å². The number of hydrogen-bond donors (Lipinski definition) is 1. The van der Waals surface area contributed by atoms with Gasteiger partial charge in [-0.25, -0.2) is 0 Å². The van der Waals surface area contributed by atoms with E-state index in [4.69, 9.17) is 4.74 Å². The van der Waals surface area contributed by atoms with Crippen LogP contribution >= 0.6 is 0 Å². The Balaban J connectivity index is 2.59. The summed E-state index contributed by atoms with van der Waals surface area (Å²) in [5.74, 6) is 0.733. The molecule has 0 atom stereocenters. The molecule has 1 rings (SSSR count). The zero-order valence-corrected chi connectivity index (χ0v) is 14.4. The van der Waals surface area contributed by atoms with Crippen LogP contribution in [-0.4, -0.2) is 49.2 Å². The minimum atomic E-state index is -0.436. The van der Waals surface area contributed by atoms with E-state index < -0.39 is 5.54 Å². The van der Waals surface area contributed by atoms with Crippen LogP contribution in [0, 0.1) is 5.92 Å². The normalized spacial score (nSPS) is 26.0. The van der Waals surface area contributed by atoms with E-state index in [2.05, 4.69) is 31.0 Å². The van der Waals surface area contributed by atoms with E-state index in [1.807, 2.05) is 6.92 Å². The molecule has 0 spiro atoms. The first kappa shape index (κ1) is 18.4. The van der Waals surface area contributed by atoms with Gasteiger partial charge in [-0.1, -0.05) is 27.2 Å². The summed E-state index contributed by atoms with van der Waals surface area (Å²) in [5.41, 5.74) is -0.436. The van der Waals surface area contributed by atoms with Gasteiger partial charge in [0.05, 0.1) is 6.61 Å². The van der Waals surface area contributed by atoms with E-state index in [1.54, 1.807) is 0 Å². The number of carbonyl (C=O) groups is 1. The number of rotatable bonds is 9. The maximum absolute atomic E-state index is 12.4. The zero-order chi connectivity index (χ0) is 15.7. The third kappa shape index (κ3) is 5.26. The van der Waals surface area contributed by atoms with Gasteiger partial charge >= 0.3 is 5.97 Å². The lowest BCUT2D eigenvalue weighted by Crippen LogP contribution is -2.56. The number of esters is 1. The number of nitrogens with one attached hydrogen (secondary N) is 1. The number of likely N-dealkylation sites (N-methyl/N-ethyl adjacent to an activating group) is 1. The van der Waals surface area contributed by atoms with Gasteiger partial charge in [0.15, 0.2) is 0 Å². The Bertz CT molecular complexity index is 295. The summed E-state index contributed by atoms with van der Waals surface area (Å²) < 4.78 is 5.35. The second-order valence-electron chi connectivity index (χ2n) is 6.11. The predicted octanol–water partition coefficient (Wildman–Crippen LogP) is 2.82. The van der Waals surface area contributed by atoms with Gasteiger partial charge in [-0.15, -0.1) is 0 Å². The molecule has 0 heterocycles. The van der Waals surface area contributed by atoms with E-state index >= 15 is 0 Å². The summed E-state index contributed by atoms with van der Waals surface area (Å²) in [7, 11) is 0. The van der Waals surface area contributed by atoms with Gasteiger partial charge in [-0.05, 0) is 51.6 Å². The Labute approximate surface area is 130 Å². The molecule has 1 saturated carbocycles. The van der Waals surface area contributed by atoms with Crippen LogP contribution < -0.4 is 5.32 Å². The van der Waals surface area contributed by atoms with Crippen molar-refractivity contribution in [1.29, 1.82) is 0 Å². The second kappa shape index (κ2) is 9.42. The van der Waals surface area contributed by atoms with Crippen molar-refractivity contribution in [2.75, 3.05) is 32.8 Å². The smallest absolute Gasteiger partial charge is 0.326 e. The highest BCUT2D eigenvalue weighted by molar-refractivity contribution is 5.81. The molecule has 0 radical (unpaired) electrons. The minimum absolute atomic E-state index is 0.0425. The van der Waals surface area contributed by atoms with Crippen molar-refractivity contribution < 1.29 is 9.53 Å². The van der Waals surface area contributed by atoms with Crippen LogP contribution in [0.15, 0.2) is 0 Å². The zero-order valence-electron chi connectivity index (χ0n) is 14.4. The molecule has 0 unspecified atom stereocenters. The van der Waals surface area contributed by atoms with Crippen LogP contribution in [0.4, 0.5) is 0 Å². The van der Waals surface area contributed by atoms with Gasteiger partial charge in [-0.2, -0.15) is 0 Å². The van der Waals surface area contributed by atoms with Crippen molar-refractivity contribution in [3.05, 3.63) is 0 Å². The number of hydrogen-bond acceptors (Lipinski definition) is 4. The fraction of sp³-hybridized carbons (Fsp3) is 0.941. The molecule has 0 aromatic heterocycles. The third-order valence-corrected chi connectivity index (χ3v) is 4.99. The second-order valence-corrected chi connectivity index (χ2v) is 6.11. The molecule has 0 bridgehead atoms. The molecular weight excluding hydrogens is 264 g/mol. The maximum atomic E-state index is 12.4. The Kier molecular flexibility index (Phi) is 8.27. The maximum Gasteiger partial charge on any atom is 0.326 e. The fourth-order valence-electron chi connectivity index (χ4n) is 3.29. The molecule has 21 heavy (non-hydrogen) atoms. The minimum Gasteiger partial charge on any atom is -0.465 e. The van der Waals surface area contributed by atoms with Crippen molar-refractivity contribution in [3.8, 4) is 0 Å². The molecule has 0 aliphatic heterocycles. The highest BCUT2D eigenvalue weighted by Gasteiger charge is 2.42. The van der Waals surface area contributed by atoms with E-state index in [1.165, 1.54) is 6.42 Å². The largest absolute Gasteiger partial charge is 0.465 e. The highest BCUT2D eigenvalue weighted by Crippen LogP contribution is 2.34. The van der Waals surface area contributed by atoms with Gasteiger partial charge < -0.3 is 15.0 Å². The Morgan fingerprint density at radius 3 is 2.29 bits per heavy atom. The van der Waals surface area contributed by atoms with Crippen LogP contribution in [0.2, 0.25) is 0 Å². The van der Waals surface area contributed by atoms with E-state index in [9.17, 15) is 4.79 Å². The lowest BCUT2D eigenvalue weighted by Gasteiger charge is -2.39. The van der Waals surface area contributed by atoms with Gasteiger partial charge in [0, 0.05) is 13.1 Å². The highest BCUT2D eigenvalue weighted by atomic mass is 16.5. The van der Waals surface area contributed by atoms with Crippen LogP contribution in [0.3, 0.4) is 0 Å². The molecule has 1 fully saturated rings. The molecule has 4 heteroatoms. The summed E-state index contributed by atoms with van der Waals surface area (Å²) in [6.07, 6.45) is 5.32. The molecule has 0 saturated heterocycles. The van der Waals surface area contributed by atoms with Crippen molar-refractivity contribution in [2.24, 2.45) is 5.92 Å². The Morgan fingerprint density at radius 2 is 1.81 bits per heavy atom. The van der Waals surface area contributed by atoms with Crippen LogP contribution in [-0.2, 0) is 9.53 Å². The van der Waals surface area contributed by atoms with Crippen molar-refractivity contribution in [2.45, 2.75) is 65.3 Å². The quantitative estimate of drug-likeness (QED) is 0.665. The molecule has 0 aromatic rings. The number of ether oxygens (including phenoxy) is 1. The average molecular weight is 298 g/mol. The molecule has 0 aromatic carbocycles.